The van der Waals surface area contributed by atoms with E-state index in [-0.39, 0.29) is 24.6 Å². The van der Waals surface area contributed by atoms with E-state index in [1.165, 1.54) is 16.7 Å². The van der Waals surface area contributed by atoms with E-state index in [4.69, 9.17) is 0 Å². The topological polar surface area (TPSA) is 52.6 Å². The molecule has 1 saturated heterocycles. The van der Waals surface area contributed by atoms with Gasteiger partial charge in [-0.15, -0.1) is 0 Å². The van der Waals surface area contributed by atoms with Crippen molar-refractivity contribution < 1.29 is 9.90 Å². The molecule has 0 radical (unpaired) electrons. The number of rotatable bonds is 3. The third kappa shape index (κ3) is 3.52. The van der Waals surface area contributed by atoms with Crippen LogP contribution in [0.2, 0.25) is 0 Å². The molecule has 1 unspecified atom stereocenters. The second kappa shape index (κ2) is 6.91. The van der Waals surface area contributed by atoms with Gasteiger partial charge in [0, 0.05) is 25.6 Å². The second-order valence-corrected chi connectivity index (χ2v) is 7.29. The van der Waals surface area contributed by atoms with E-state index in [2.05, 4.69) is 37.4 Å². The van der Waals surface area contributed by atoms with Gasteiger partial charge in [0.1, 0.15) is 0 Å². The number of urea groups is 1. The maximum absolute atomic E-state index is 12.5. The number of carbonyl (C=O) groups is 1. The lowest BCUT2D eigenvalue weighted by Crippen LogP contribution is -2.41. The van der Waals surface area contributed by atoms with Crippen LogP contribution in [0.15, 0.2) is 18.2 Å². The zero-order valence-electron chi connectivity index (χ0n) is 14.2. The summed E-state index contributed by atoms with van der Waals surface area (Å²) in [5.41, 5.74) is 4.01. The molecule has 2 N–H and O–H groups in total. The molecule has 3 rings (SSSR count). The van der Waals surface area contributed by atoms with Crippen molar-refractivity contribution >= 4 is 6.03 Å². The van der Waals surface area contributed by atoms with Crippen molar-refractivity contribution in [2.45, 2.75) is 51.5 Å². The highest BCUT2D eigenvalue weighted by molar-refractivity contribution is 5.75. The number of hydrogen-bond donors (Lipinski definition) is 2. The van der Waals surface area contributed by atoms with Crippen LogP contribution in [0.25, 0.3) is 0 Å². The molecule has 4 nitrogen and oxygen atoms in total. The molecule has 1 aromatic carbocycles. The Bertz CT molecular complexity index is 570. The average Bonchev–Trinajstić information content (AvgIpc) is 3.04. The predicted molar refractivity (Wildman–Crippen MR) is 91.5 cm³/mol. The Labute approximate surface area is 138 Å². The number of aliphatic hydroxyl groups excluding tert-OH is 1. The number of aliphatic hydroxyl groups is 1. The van der Waals surface area contributed by atoms with E-state index in [1.807, 2.05) is 4.90 Å². The van der Waals surface area contributed by atoms with E-state index in [0.29, 0.717) is 12.5 Å². The Hall–Kier alpha value is -1.55. The zero-order valence-corrected chi connectivity index (χ0v) is 14.2. The van der Waals surface area contributed by atoms with Gasteiger partial charge in [-0.25, -0.2) is 4.79 Å². The molecule has 0 aromatic heterocycles. The van der Waals surface area contributed by atoms with E-state index in [9.17, 15) is 9.90 Å². The highest BCUT2D eigenvalue weighted by Crippen LogP contribution is 2.32. The monoisotopic (exact) mass is 316 g/mol. The fourth-order valence-electron chi connectivity index (χ4n) is 3.73. The first kappa shape index (κ1) is 16.3. The number of hydrogen-bond acceptors (Lipinski definition) is 2. The van der Waals surface area contributed by atoms with Gasteiger partial charge in [-0.2, -0.15) is 0 Å². The van der Waals surface area contributed by atoms with E-state index in [1.54, 1.807) is 0 Å². The predicted octanol–water partition coefficient (Wildman–Crippen LogP) is 3.21. The van der Waals surface area contributed by atoms with Crippen molar-refractivity contribution in [3.05, 3.63) is 34.9 Å². The fraction of sp³-hybridized carbons (Fsp3) is 0.632. The quantitative estimate of drug-likeness (QED) is 0.899. The van der Waals surface area contributed by atoms with Crippen LogP contribution < -0.4 is 5.32 Å². The first-order valence-corrected chi connectivity index (χ1v) is 8.87. The number of aryl methyl sites for hydroxylation is 1. The van der Waals surface area contributed by atoms with Crippen LogP contribution in [0.4, 0.5) is 4.79 Å². The first-order chi connectivity index (χ1) is 11.1. The molecule has 1 heterocycles. The lowest BCUT2D eigenvalue weighted by molar-refractivity contribution is 0.194. The largest absolute Gasteiger partial charge is 0.396 e. The summed E-state index contributed by atoms with van der Waals surface area (Å²) in [6, 6.07) is 6.89. The standard InChI is InChI=1S/C19H28N2O2/c1-13(2)16-7-6-15-4-3-5-18(17(15)10-16)20-19(23)21-9-8-14(11-21)12-22/h6-7,10,13-14,18,22H,3-5,8-9,11-12H2,1-2H3,(H,20,23)/t14?,18-/m1/s1. The minimum Gasteiger partial charge on any atom is -0.396 e. The first-order valence-electron chi connectivity index (χ1n) is 8.87. The molecule has 1 aromatic rings. The molecule has 1 fully saturated rings. The van der Waals surface area contributed by atoms with Crippen LogP contribution in [0, 0.1) is 5.92 Å². The lowest BCUT2D eigenvalue weighted by atomic mass is 9.85. The van der Waals surface area contributed by atoms with Gasteiger partial charge in [-0.3, -0.25) is 0 Å². The molecule has 0 saturated carbocycles. The number of fused-ring (bicyclic) bond motifs is 1. The summed E-state index contributed by atoms with van der Waals surface area (Å²) in [5, 5.41) is 12.5. The van der Waals surface area contributed by atoms with Gasteiger partial charge < -0.3 is 15.3 Å². The lowest BCUT2D eigenvalue weighted by Gasteiger charge is -2.29. The van der Waals surface area contributed by atoms with Crippen molar-refractivity contribution in [1.29, 1.82) is 0 Å². The van der Waals surface area contributed by atoms with Crippen LogP contribution in [0.3, 0.4) is 0 Å². The molecule has 23 heavy (non-hydrogen) atoms. The second-order valence-electron chi connectivity index (χ2n) is 7.29. The third-order valence-electron chi connectivity index (χ3n) is 5.28. The summed E-state index contributed by atoms with van der Waals surface area (Å²) >= 11 is 0. The minimum absolute atomic E-state index is 0.0220. The number of likely N-dealkylation sites (tertiary alicyclic amines) is 1. The van der Waals surface area contributed by atoms with Gasteiger partial charge in [0.2, 0.25) is 0 Å². The molecule has 1 aliphatic heterocycles. The molecule has 4 heteroatoms. The maximum Gasteiger partial charge on any atom is 0.317 e. The van der Waals surface area contributed by atoms with Gasteiger partial charge in [0.05, 0.1) is 6.04 Å². The highest BCUT2D eigenvalue weighted by Gasteiger charge is 2.29. The third-order valence-corrected chi connectivity index (χ3v) is 5.28. The maximum atomic E-state index is 12.5. The van der Waals surface area contributed by atoms with Gasteiger partial charge in [0.15, 0.2) is 0 Å². The Balaban J connectivity index is 1.72. The van der Waals surface area contributed by atoms with Crippen molar-refractivity contribution in [2.24, 2.45) is 5.92 Å². The number of benzene rings is 1. The van der Waals surface area contributed by atoms with Gasteiger partial charge in [-0.05, 0) is 48.3 Å². The van der Waals surface area contributed by atoms with E-state index >= 15 is 0 Å². The number of nitrogens with zero attached hydrogens (tertiary/aromatic N) is 1. The van der Waals surface area contributed by atoms with Crippen LogP contribution >= 0.6 is 0 Å². The smallest absolute Gasteiger partial charge is 0.317 e. The van der Waals surface area contributed by atoms with Crippen molar-refractivity contribution in [3.63, 3.8) is 0 Å². The van der Waals surface area contributed by atoms with Crippen LogP contribution in [-0.4, -0.2) is 35.7 Å². The summed E-state index contributed by atoms with van der Waals surface area (Å²) in [5.74, 6) is 0.745. The van der Waals surface area contributed by atoms with Crippen molar-refractivity contribution in [3.8, 4) is 0 Å². The number of nitrogens with one attached hydrogen (secondary N) is 1. The molecule has 2 amide bonds. The van der Waals surface area contributed by atoms with Crippen molar-refractivity contribution in [1.82, 2.24) is 10.2 Å². The Morgan fingerprint density at radius 2 is 2.22 bits per heavy atom. The molecular weight excluding hydrogens is 288 g/mol. The zero-order chi connectivity index (χ0) is 16.4. The summed E-state index contributed by atoms with van der Waals surface area (Å²) < 4.78 is 0. The molecule has 1 aliphatic carbocycles. The van der Waals surface area contributed by atoms with Crippen LogP contribution in [-0.2, 0) is 6.42 Å². The van der Waals surface area contributed by atoms with Gasteiger partial charge in [-0.1, -0.05) is 32.0 Å². The van der Waals surface area contributed by atoms with E-state index < -0.39 is 0 Å². The SMILES string of the molecule is CC(C)c1ccc2c(c1)[C@H](NC(=O)N1CCC(CO)C1)CCC2. The molecule has 2 aliphatic rings. The fourth-order valence-corrected chi connectivity index (χ4v) is 3.73. The highest BCUT2D eigenvalue weighted by atomic mass is 16.3. The summed E-state index contributed by atoms with van der Waals surface area (Å²) in [7, 11) is 0. The summed E-state index contributed by atoms with van der Waals surface area (Å²) in [6.07, 6.45) is 4.15. The molecule has 0 bridgehead atoms. The molecular formula is C19H28N2O2. The molecule has 126 valence electrons. The van der Waals surface area contributed by atoms with Crippen LogP contribution in [0.1, 0.15) is 61.8 Å². The Morgan fingerprint density at radius 3 is 2.91 bits per heavy atom. The minimum atomic E-state index is 0.0220. The normalized spacial score (nSPS) is 23.9. The van der Waals surface area contributed by atoms with Gasteiger partial charge >= 0.3 is 6.03 Å². The number of carbonyl (C=O) groups excluding carboxylic acids is 1. The van der Waals surface area contributed by atoms with Crippen molar-refractivity contribution in [2.75, 3.05) is 19.7 Å². The summed E-state index contributed by atoms with van der Waals surface area (Å²) in [4.78, 5) is 14.4. The Morgan fingerprint density at radius 1 is 1.39 bits per heavy atom. The Kier molecular flexibility index (Phi) is 4.90. The summed E-state index contributed by atoms with van der Waals surface area (Å²) in [6.45, 7) is 6.01. The van der Waals surface area contributed by atoms with Gasteiger partial charge in [0.25, 0.3) is 0 Å². The number of amides is 2. The van der Waals surface area contributed by atoms with Crippen LogP contribution in [0.5, 0.6) is 0 Å². The molecule has 0 spiro atoms. The molecule has 2 atom stereocenters. The average molecular weight is 316 g/mol. The van der Waals surface area contributed by atoms with E-state index in [0.717, 1.165) is 32.2 Å².